The number of benzene rings is 1. The molecule has 1 aromatic rings. The smallest absolute Gasteiger partial charge is 0.307 e. The number of carbonyl (C=O) groups is 3. The summed E-state index contributed by atoms with van der Waals surface area (Å²) in [5, 5.41) is 0. The Morgan fingerprint density at radius 1 is 0.468 bits per heavy atom. The summed E-state index contributed by atoms with van der Waals surface area (Å²) in [5.41, 5.74) is 1.90. The summed E-state index contributed by atoms with van der Waals surface area (Å²) >= 11 is 0. The lowest BCUT2D eigenvalue weighted by Crippen LogP contribution is -2.18. The zero-order valence-corrected chi connectivity index (χ0v) is 40.0. The minimum Gasteiger partial charge on any atom is -0.490 e. The number of allylic oxidation sites excluding steroid dienone is 8. The monoisotopic (exact) mass is 864 g/mol. The highest BCUT2D eigenvalue weighted by atomic mass is 16.6. The molecule has 0 unspecified atom stereocenters. The fraction of sp³-hybridized carbons (Fsp3) is 0.685. The lowest BCUT2D eigenvalue weighted by Gasteiger charge is -2.13. The molecule has 0 aliphatic carbocycles. The van der Waals surface area contributed by atoms with Crippen molar-refractivity contribution < 1.29 is 33.3 Å². The van der Waals surface area contributed by atoms with Gasteiger partial charge in [0.25, 0.3) is 0 Å². The summed E-state index contributed by atoms with van der Waals surface area (Å²) in [5.74, 6) is 0.0980. The van der Waals surface area contributed by atoms with E-state index in [4.69, 9.17) is 18.9 Å². The van der Waals surface area contributed by atoms with E-state index >= 15 is 0 Å². The Labute approximate surface area is 379 Å². The maximum Gasteiger partial charge on any atom is 0.307 e. The zero-order valence-electron chi connectivity index (χ0n) is 40.0. The molecular formula is C54H89NO7. The first kappa shape index (κ1) is 56.4. The molecular weight excluding hydrogens is 775 g/mol. The Morgan fingerprint density at radius 2 is 0.935 bits per heavy atom. The highest BCUT2D eigenvalue weighted by Crippen LogP contribution is 2.21. The minimum atomic E-state index is -0.246. The molecule has 8 nitrogen and oxygen atoms in total. The van der Waals surface area contributed by atoms with E-state index in [0.717, 1.165) is 94.6 Å². The topological polar surface area (TPSA) is 91.4 Å². The third-order valence-corrected chi connectivity index (χ3v) is 10.6. The quantitative estimate of drug-likeness (QED) is 0.0278. The third-order valence-electron chi connectivity index (χ3n) is 10.6. The van der Waals surface area contributed by atoms with Gasteiger partial charge in [0, 0.05) is 19.4 Å². The highest BCUT2D eigenvalue weighted by Gasteiger charge is 2.09. The molecule has 8 heteroatoms. The predicted octanol–water partition coefficient (Wildman–Crippen LogP) is 14.1. The van der Waals surface area contributed by atoms with E-state index in [-0.39, 0.29) is 37.7 Å². The van der Waals surface area contributed by atoms with E-state index in [1.54, 1.807) is 0 Å². The number of hydrogen-bond donors (Lipinski definition) is 0. The average Bonchev–Trinajstić information content (AvgIpc) is 3.26. The van der Waals surface area contributed by atoms with Crippen molar-refractivity contribution in [1.82, 2.24) is 4.90 Å². The second-order valence-electron chi connectivity index (χ2n) is 16.9. The Morgan fingerprint density at radius 3 is 1.47 bits per heavy atom. The number of esters is 3. The molecule has 0 saturated carbocycles. The number of carbonyl (C=O) groups excluding carboxylic acids is 3. The predicted molar refractivity (Wildman–Crippen MR) is 258 cm³/mol. The normalized spacial score (nSPS) is 11.8. The minimum absolute atomic E-state index is 0.115. The van der Waals surface area contributed by atoms with Gasteiger partial charge in [-0.05, 0) is 134 Å². The number of rotatable bonds is 42. The molecule has 62 heavy (non-hydrogen) atoms. The molecule has 1 aromatic carbocycles. The molecule has 0 radical (unpaired) electrons. The second-order valence-corrected chi connectivity index (χ2v) is 16.9. The van der Waals surface area contributed by atoms with Crippen LogP contribution in [0.1, 0.15) is 198 Å². The van der Waals surface area contributed by atoms with Gasteiger partial charge in [0.05, 0.1) is 13.0 Å². The Hall–Kier alpha value is -3.65. The standard InChI is InChI=1S/C54H89NO7/c1-5-7-9-11-13-15-17-19-21-23-25-27-29-31-33-38-52(56)60-42-36-35-37-49-45-50(48-62-54(58)40-41-55(3)4)47-51(46-49)59-43-44-61-53(57)39-34-32-30-28-26-24-22-20-18-16-14-12-10-8-6-2/h13-16,19-22,45-47H,5-12,17-18,23-44,48H2,1-4H3/b15-13-,16-14-,21-19-,22-20-. The highest BCUT2D eigenvalue weighted by molar-refractivity contribution is 5.70. The number of ether oxygens (including phenoxy) is 4. The maximum atomic E-state index is 12.3. The van der Waals surface area contributed by atoms with Crippen LogP contribution in [0.2, 0.25) is 0 Å². The zero-order chi connectivity index (χ0) is 45.0. The summed E-state index contributed by atoms with van der Waals surface area (Å²) in [6.45, 7) is 6.09. The number of nitrogens with zero attached hydrogens (tertiary/aromatic N) is 1. The lowest BCUT2D eigenvalue weighted by molar-refractivity contribution is -0.145. The largest absolute Gasteiger partial charge is 0.490 e. The molecule has 0 spiro atoms. The van der Waals surface area contributed by atoms with Crippen LogP contribution < -0.4 is 4.74 Å². The van der Waals surface area contributed by atoms with Gasteiger partial charge in [0.2, 0.25) is 0 Å². The van der Waals surface area contributed by atoms with Gasteiger partial charge in [-0.3, -0.25) is 14.4 Å². The summed E-state index contributed by atoms with van der Waals surface area (Å²) < 4.78 is 22.5. The van der Waals surface area contributed by atoms with Crippen LogP contribution in [0.4, 0.5) is 0 Å². The molecule has 1 rings (SSSR count). The van der Waals surface area contributed by atoms with Gasteiger partial charge in [-0.15, -0.1) is 0 Å². The third kappa shape index (κ3) is 38.1. The number of unbranched alkanes of at least 4 members (excludes halogenated alkanes) is 17. The fourth-order valence-electron chi connectivity index (χ4n) is 6.83. The molecule has 0 heterocycles. The van der Waals surface area contributed by atoms with Crippen molar-refractivity contribution in [3.05, 3.63) is 77.9 Å². The van der Waals surface area contributed by atoms with Gasteiger partial charge < -0.3 is 23.8 Å². The van der Waals surface area contributed by atoms with Crippen molar-refractivity contribution >= 4 is 17.9 Å². The maximum absolute atomic E-state index is 12.3. The summed E-state index contributed by atoms with van der Waals surface area (Å²) in [7, 11) is 3.85. The molecule has 0 aromatic heterocycles. The molecule has 0 saturated heterocycles. The SMILES string of the molecule is CCCCC/C=C\C/C=C\CCCCCCCC(=O)OCCCCc1cc(COC(=O)CCN(C)C)cc(OCCOC(=O)CCCCCCC/C=C\C/C=C\CCCCC)c1. The van der Waals surface area contributed by atoms with Crippen molar-refractivity contribution in [3.63, 3.8) is 0 Å². The molecule has 0 aliphatic heterocycles. The van der Waals surface area contributed by atoms with Crippen LogP contribution in [-0.4, -0.2) is 63.3 Å². The van der Waals surface area contributed by atoms with Crippen LogP contribution in [-0.2, 0) is 41.6 Å². The molecule has 352 valence electrons. The van der Waals surface area contributed by atoms with Crippen molar-refractivity contribution in [2.75, 3.05) is 40.5 Å². The van der Waals surface area contributed by atoms with E-state index in [0.29, 0.717) is 38.2 Å². The van der Waals surface area contributed by atoms with Crippen LogP contribution in [0.5, 0.6) is 5.75 Å². The van der Waals surface area contributed by atoms with Crippen LogP contribution >= 0.6 is 0 Å². The van der Waals surface area contributed by atoms with E-state index in [9.17, 15) is 14.4 Å². The first-order valence-electron chi connectivity index (χ1n) is 24.8. The summed E-state index contributed by atoms with van der Waals surface area (Å²) in [6.07, 6.45) is 47.2. The summed E-state index contributed by atoms with van der Waals surface area (Å²) in [6, 6.07) is 5.90. The number of hydrogen-bond acceptors (Lipinski definition) is 8. The van der Waals surface area contributed by atoms with E-state index in [1.807, 2.05) is 37.2 Å². The second kappa shape index (κ2) is 42.6. The van der Waals surface area contributed by atoms with E-state index < -0.39 is 0 Å². The first-order valence-corrected chi connectivity index (χ1v) is 24.8. The van der Waals surface area contributed by atoms with Gasteiger partial charge in [0.15, 0.2) is 0 Å². The summed E-state index contributed by atoms with van der Waals surface area (Å²) in [4.78, 5) is 38.9. The van der Waals surface area contributed by atoms with Crippen LogP contribution in [0.15, 0.2) is 66.8 Å². The lowest BCUT2D eigenvalue weighted by atomic mass is 10.0. The molecule has 0 bridgehead atoms. The Bertz CT molecular complexity index is 1360. The van der Waals surface area contributed by atoms with Gasteiger partial charge in [-0.2, -0.15) is 0 Å². The first-order chi connectivity index (χ1) is 30.3. The van der Waals surface area contributed by atoms with Gasteiger partial charge in [-0.1, -0.05) is 133 Å². The molecule has 0 atom stereocenters. The molecule has 0 aliphatic rings. The molecule has 0 amide bonds. The Kier molecular flexibility index (Phi) is 38.8. The van der Waals surface area contributed by atoms with Crippen LogP contribution in [0.25, 0.3) is 0 Å². The van der Waals surface area contributed by atoms with Crippen LogP contribution in [0, 0.1) is 0 Å². The van der Waals surface area contributed by atoms with Crippen molar-refractivity contribution in [1.29, 1.82) is 0 Å². The fourth-order valence-corrected chi connectivity index (χ4v) is 6.83. The van der Waals surface area contributed by atoms with Gasteiger partial charge in [0.1, 0.15) is 25.6 Å². The van der Waals surface area contributed by atoms with Crippen LogP contribution in [0.3, 0.4) is 0 Å². The molecule has 0 N–H and O–H groups in total. The number of aryl methyl sites for hydroxylation is 1. The molecule has 0 fully saturated rings. The van der Waals surface area contributed by atoms with Gasteiger partial charge >= 0.3 is 17.9 Å². The Balaban J connectivity index is 2.31. The van der Waals surface area contributed by atoms with Gasteiger partial charge in [-0.25, -0.2) is 0 Å². The van der Waals surface area contributed by atoms with E-state index in [1.165, 1.54) is 77.0 Å². The van der Waals surface area contributed by atoms with E-state index in [2.05, 4.69) is 62.5 Å². The van der Waals surface area contributed by atoms with Crippen molar-refractivity contribution in [2.24, 2.45) is 0 Å². The van der Waals surface area contributed by atoms with Crippen molar-refractivity contribution in [3.8, 4) is 5.75 Å². The van der Waals surface area contributed by atoms with Crippen molar-refractivity contribution in [2.45, 2.75) is 200 Å². The average molecular weight is 864 g/mol.